The van der Waals surface area contributed by atoms with E-state index in [1.54, 1.807) is 4.68 Å². The number of benzene rings is 3. The quantitative estimate of drug-likeness (QED) is 0.418. The van der Waals surface area contributed by atoms with Gasteiger partial charge in [0.25, 0.3) is 0 Å². The van der Waals surface area contributed by atoms with E-state index in [0.29, 0.717) is 24.3 Å². The Bertz CT molecular complexity index is 1100. The van der Waals surface area contributed by atoms with Gasteiger partial charge >= 0.3 is 0 Å². The minimum atomic E-state index is 0.0389. The average molecular weight is 382 g/mol. The highest BCUT2D eigenvalue weighted by Crippen LogP contribution is 2.29. The Labute approximate surface area is 170 Å². The number of ether oxygens (including phenoxy) is 1. The summed E-state index contributed by atoms with van der Waals surface area (Å²) < 4.78 is 7.86. The lowest BCUT2D eigenvalue weighted by Crippen LogP contribution is -2.07. The molecule has 4 heteroatoms. The van der Waals surface area contributed by atoms with Gasteiger partial charge in [-0.15, -0.1) is 0 Å². The van der Waals surface area contributed by atoms with Crippen LogP contribution in [0.4, 0.5) is 0 Å². The van der Waals surface area contributed by atoms with Gasteiger partial charge in [0.15, 0.2) is 5.78 Å². The smallest absolute Gasteiger partial charge is 0.170 e. The van der Waals surface area contributed by atoms with Gasteiger partial charge in [-0.1, -0.05) is 66.7 Å². The van der Waals surface area contributed by atoms with Gasteiger partial charge in [-0.25, -0.2) is 0 Å². The van der Waals surface area contributed by atoms with Crippen molar-refractivity contribution >= 4 is 5.78 Å². The highest BCUT2D eigenvalue weighted by molar-refractivity contribution is 6.00. The van der Waals surface area contributed by atoms with E-state index in [9.17, 15) is 4.79 Å². The molecule has 3 aromatic carbocycles. The molecule has 144 valence electrons. The standard InChI is InChI=1S/C25H22N2O2/c1-27-17-22(16-26-27)21-12-13-23(24(28)14-19-8-4-2-5-9-19)25(15-21)29-18-20-10-6-3-7-11-20/h2-13,15-17H,14,18H2,1H3. The second-order valence-electron chi connectivity index (χ2n) is 6.97. The van der Waals surface area contributed by atoms with Crippen LogP contribution in [0.15, 0.2) is 91.3 Å². The first-order valence-corrected chi connectivity index (χ1v) is 9.56. The SMILES string of the molecule is Cn1cc(-c2ccc(C(=O)Cc3ccccc3)c(OCc3ccccc3)c2)cn1. The minimum Gasteiger partial charge on any atom is -0.488 e. The maximum Gasteiger partial charge on any atom is 0.170 e. The molecule has 0 aliphatic rings. The Kier molecular flexibility index (Phi) is 5.52. The molecule has 4 nitrogen and oxygen atoms in total. The Hall–Kier alpha value is -3.66. The molecule has 0 saturated heterocycles. The van der Waals surface area contributed by atoms with Crippen molar-refractivity contribution in [2.75, 3.05) is 0 Å². The number of aryl methyl sites for hydroxylation is 1. The number of ketones is 1. The van der Waals surface area contributed by atoms with Crippen LogP contribution >= 0.6 is 0 Å². The molecule has 0 bridgehead atoms. The molecular weight excluding hydrogens is 360 g/mol. The number of aromatic nitrogens is 2. The van der Waals surface area contributed by atoms with Crippen molar-refractivity contribution in [2.24, 2.45) is 7.05 Å². The fourth-order valence-electron chi connectivity index (χ4n) is 3.23. The number of nitrogens with zero attached hydrogens (tertiary/aromatic N) is 2. The van der Waals surface area contributed by atoms with Crippen LogP contribution in [0.1, 0.15) is 21.5 Å². The second kappa shape index (κ2) is 8.57. The molecule has 29 heavy (non-hydrogen) atoms. The molecule has 4 aromatic rings. The van der Waals surface area contributed by atoms with Crippen LogP contribution in [0.3, 0.4) is 0 Å². The summed E-state index contributed by atoms with van der Waals surface area (Å²) in [6.45, 7) is 0.406. The van der Waals surface area contributed by atoms with Crippen LogP contribution in [0.2, 0.25) is 0 Å². The van der Waals surface area contributed by atoms with Crippen LogP contribution in [0, 0.1) is 0 Å². The Morgan fingerprint density at radius 3 is 2.24 bits per heavy atom. The normalized spacial score (nSPS) is 10.7. The van der Waals surface area contributed by atoms with Gasteiger partial charge in [0.2, 0.25) is 0 Å². The Morgan fingerprint density at radius 2 is 1.59 bits per heavy atom. The van der Waals surface area contributed by atoms with Crippen LogP contribution in [0.25, 0.3) is 11.1 Å². The van der Waals surface area contributed by atoms with E-state index in [1.807, 2.05) is 98.3 Å². The van der Waals surface area contributed by atoms with Gasteiger partial charge in [-0.3, -0.25) is 9.48 Å². The number of rotatable bonds is 7. The van der Waals surface area contributed by atoms with Gasteiger partial charge in [0.1, 0.15) is 12.4 Å². The van der Waals surface area contributed by atoms with Crippen molar-refractivity contribution in [1.82, 2.24) is 9.78 Å². The minimum absolute atomic E-state index is 0.0389. The molecule has 0 aliphatic heterocycles. The van der Waals surface area contributed by atoms with E-state index in [2.05, 4.69) is 5.10 Å². The van der Waals surface area contributed by atoms with E-state index < -0.39 is 0 Å². The molecule has 0 unspecified atom stereocenters. The van der Waals surface area contributed by atoms with Gasteiger partial charge in [-0.05, 0) is 28.8 Å². The van der Waals surface area contributed by atoms with E-state index in [1.165, 1.54) is 0 Å². The summed E-state index contributed by atoms with van der Waals surface area (Å²) >= 11 is 0. The first-order chi connectivity index (χ1) is 14.2. The number of carbonyl (C=O) groups is 1. The molecule has 0 atom stereocenters. The van der Waals surface area contributed by atoms with Crippen LogP contribution < -0.4 is 4.74 Å². The summed E-state index contributed by atoms with van der Waals surface area (Å²) in [5.74, 6) is 0.633. The lowest BCUT2D eigenvalue weighted by atomic mass is 9.99. The number of carbonyl (C=O) groups excluding carboxylic acids is 1. The topological polar surface area (TPSA) is 44.1 Å². The molecule has 1 heterocycles. The fraction of sp³-hybridized carbons (Fsp3) is 0.120. The molecule has 0 amide bonds. The summed E-state index contributed by atoms with van der Waals surface area (Å²) in [7, 11) is 1.88. The lowest BCUT2D eigenvalue weighted by molar-refractivity contribution is 0.0988. The van der Waals surface area contributed by atoms with E-state index >= 15 is 0 Å². The molecule has 4 rings (SSSR count). The summed E-state index contributed by atoms with van der Waals surface area (Å²) in [6.07, 6.45) is 4.10. The third kappa shape index (κ3) is 4.61. The monoisotopic (exact) mass is 382 g/mol. The van der Waals surface area contributed by atoms with Crippen LogP contribution in [0.5, 0.6) is 5.75 Å². The molecule has 0 spiro atoms. The highest BCUT2D eigenvalue weighted by Gasteiger charge is 2.15. The van der Waals surface area contributed by atoms with Crippen molar-refractivity contribution in [3.05, 3.63) is 108 Å². The first kappa shape index (κ1) is 18.7. The van der Waals surface area contributed by atoms with Crippen molar-refractivity contribution in [2.45, 2.75) is 13.0 Å². The predicted octanol–water partition coefficient (Wildman–Crippen LogP) is 5.09. The zero-order valence-corrected chi connectivity index (χ0v) is 16.3. The van der Waals surface area contributed by atoms with Crippen molar-refractivity contribution in [3.63, 3.8) is 0 Å². The van der Waals surface area contributed by atoms with E-state index in [0.717, 1.165) is 22.3 Å². The van der Waals surface area contributed by atoms with E-state index in [4.69, 9.17) is 4.74 Å². The Balaban J connectivity index is 1.64. The summed E-state index contributed by atoms with van der Waals surface area (Å²) in [6, 6.07) is 25.5. The molecular formula is C25H22N2O2. The van der Waals surface area contributed by atoms with Crippen LogP contribution in [-0.4, -0.2) is 15.6 Å². The van der Waals surface area contributed by atoms with Crippen molar-refractivity contribution in [1.29, 1.82) is 0 Å². The fourth-order valence-corrected chi connectivity index (χ4v) is 3.23. The zero-order valence-electron chi connectivity index (χ0n) is 16.3. The van der Waals surface area contributed by atoms with Gasteiger partial charge < -0.3 is 4.74 Å². The van der Waals surface area contributed by atoms with Gasteiger partial charge in [0.05, 0.1) is 11.8 Å². The molecule has 0 N–H and O–H groups in total. The number of hydrogen-bond donors (Lipinski definition) is 0. The molecule has 0 saturated carbocycles. The van der Waals surface area contributed by atoms with Crippen molar-refractivity contribution < 1.29 is 9.53 Å². The Morgan fingerprint density at radius 1 is 0.897 bits per heavy atom. The zero-order chi connectivity index (χ0) is 20.1. The van der Waals surface area contributed by atoms with Crippen molar-refractivity contribution in [3.8, 4) is 16.9 Å². The summed E-state index contributed by atoms with van der Waals surface area (Å²) in [5, 5.41) is 4.24. The molecule has 0 radical (unpaired) electrons. The maximum absolute atomic E-state index is 13.0. The van der Waals surface area contributed by atoms with Gasteiger partial charge in [0, 0.05) is 25.2 Å². The summed E-state index contributed by atoms with van der Waals surface area (Å²) in [5.41, 5.74) is 4.59. The van der Waals surface area contributed by atoms with E-state index in [-0.39, 0.29) is 5.78 Å². The number of Topliss-reactive ketones (excluding diaryl/α,β-unsaturated/α-hetero) is 1. The maximum atomic E-state index is 13.0. The number of hydrogen-bond acceptors (Lipinski definition) is 3. The molecule has 0 aliphatic carbocycles. The third-order valence-electron chi connectivity index (χ3n) is 4.76. The average Bonchev–Trinajstić information content (AvgIpc) is 3.20. The van der Waals surface area contributed by atoms with Gasteiger partial charge in [-0.2, -0.15) is 5.10 Å². The van der Waals surface area contributed by atoms with Crippen LogP contribution in [-0.2, 0) is 20.1 Å². The lowest BCUT2D eigenvalue weighted by Gasteiger charge is -2.13. The molecule has 1 aromatic heterocycles. The predicted molar refractivity (Wildman–Crippen MR) is 114 cm³/mol. The third-order valence-corrected chi connectivity index (χ3v) is 4.76. The molecule has 0 fully saturated rings. The second-order valence-corrected chi connectivity index (χ2v) is 6.97. The highest BCUT2D eigenvalue weighted by atomic mass is 16.5. The summed E-state index contributed by atoms with van der Waals surface area (Å²) in [4.78, 5) is 13.0. The largest absolute Gasteiger partial charge is 0.488 e. The first-order valence-electron chi connectivity index (χ1n) is 9.56.